The Bertz CT molecular complexity index is 612. The Morgan fingerprint density at radius 2 is 1.65 bits per heavy atom. The van der Waals surface area contributed by atoms with Gasteiger partial charge in [-0.3, -0.25) is 4.79 Å². The highest BCUT2D eigenvalue weighted by molar-refractivity contribution is 5.76. The summed E-state index contributed by atoms with van der Waals surface area (Å²) in [5.41, 5.74) is 5.51. The number of rotatable bonds is 4. The molecule has 0 heterocycles. The summed E-state index contributed by atoms with van der Waals surface area (Å²) in [7, 11) is 0. The molecule has 0 fully saturated rings. The van der Waals surface area contributed by atoms with Gasteiger partial charge in [-0.05, 0) is 49.4 Å². The summed E-state index contributed by atoms with van der Waals surface area (Å²) in [4.78, 5) is 11.5. The number of aryl methyl sites for hydroxylation is 3. The van der Waals surface area contributed by atoms with E-state index in [-0.39, 0.29) is 0 Å². The van der Waals surface area contributed by atoms with Crippen molar-refractivity contribution in [3.63, 3.8) is 0 Å². The standard InChI is InChI=1S/C18H20O2/c1-12-4-8-16(9-5-12)17(18(19)20)11-15-7-6-13(2)14(3)10-15/h4-10,17H,11H2,1-3H3,(H,19,20). The lowest BCUT2D eigenvalue weighted by atomic mass is 9.90. The van der Waals surface area contributed by atoms with Gasteiger partial charge in [0, 0.05) is 0 Å². The molecule has 2 nitrogen and oxygen atoms in total. The molecule has 2 rings (SSSR count). The summed E-state index contributed by atoms with van der Waals surface area (Å²) < 4.78 is 0. The zero-order valence-electron chi connectivity index (χ0n) is 12.2. The zero-order valence-corrected chi connectivity index (χ0v) is 12.2. The molecule has 0 amide bonds. The predicted octanol–water partition coefficient (Wildman–Crippen LogP) is 4.02. The molecule has 0 aliphatic carbocycles. The largest absolute Gasteiger partial charge is 0.481 e. The van der Waals surface area contributed by atoms with Crippen molar-refractivity contribution < 1.29 is 9.90 Å². The molecule has 1 N–H and O–H groups in total. The van der Waals surface area contributed by atoms with Crippen LogP contribution in [0.15, 0.2) is 42.5 Å². The SMILES string of the molecule is Cc1ccc(C(Cc2ccc(C)c(C)c2)C(=O)O)cc1. The summed E-state index contributed by atoms with van der Waals surface area (Å²) in [5.74, 6) is -1.26. The van der Waals surface area contributed by atoms with E-state index < -0.39 is 11.9 Å². The average molecular weight is 268 g/mol. The van der Waals surface area contributed by atoms with E-state index in [9.17, 15) is 9.90 Å². The molecule has 20 heavy (non-hydrogen) atoms. The Balaban J connectivity index is 2.27. The second kappa shape index (κ2) is 5.91. The van der Waals surface area contributed by atoms with E-state index in [0.717, 1.165) is 16.7 Å². The second-order valence-corrected chi connectivity index (χ2v) is 5.42. The van der Waals surface area contributed by atoms with Crippen molar-refractivity contribution in [1.29, 1.82) is 0 Å². The van der Waals surface area contributed by atoms with Crippen LogP contribution in [0, 0.1) is 20.8 Å². The van der Waals surface area contributed by atoms with Crippen LogP contribution in [0.2, 0.25) is 0 Å². The van der Waals surface area contributed by atoms with Gasteiger partial charge in [0.15, 0.2) is 0 Å². The van der Waals surface area contributed by atoms with E-state index in [1.165, 1.54) is 11.1 Å². The number of carbonyl (C=O) groups is 1. The Hall–Kier alpha value is -2.09. The summed E-state index contributed by atoms with van der Waals surface area (Å²) in [6.45, 7) is 6.12. The van der Waals surface area contributed by atoms with E-state index in [1.54, 1.807) is 0 Å². The van der Waals surface area contributed by atoms with Crippen molar-refractivity contribution in [3.05, 3.63) is 70.3 Å². The van der Waals surface area contributed by atoms with Crippen LogP contribution in [-0.4, -0.2) is 11.1 Å². The number of carboxylic acid groups (broad SMARTS) is 1. The van der Waals surface area contributed by atoms with Crippen LogP contribution >= 0.6 is 0 Å². The highest BCUT2D eigenvalue weighted by Crippen LogP contribution is 2.23. The quantitative estimate of drug-likeness (QED) is 0.909. The summed E-state index contributed by atoms with van der Waals surface area (Å²) in [6, 6.07) is 13.9. The third-order valence-corrected chi connectivity index (χ3v) is 3.79. The van der Waals surface area contributed by atoms with Gasteiger partial charge in [0.2, 0.25) is 0 Å². The average Bonchev–Trinajstić information content (AvgIpc) is 2.41. The third-order valence-electron chi connectivity index (χ3n) is 3.79. The van der Waals surface area contributed by atoms with Crippen LogP contribution in [-0.2, 0) is 11.2 Å². The molecule has 1 unspecified atom stereocenters. The van der Waals surface area contributed by atoms with Gasteiger partial charge in [-0.1, -0.05) is 48.0 Å². The third kappa shape index (κ3) is 3.27. The van der Waals surface area contributed by atoms with Crippen LogP contribution in [0.3, 0.4) is 0 Å². The molecule has 1 atom stereocenters. The minimum Gasteiger partial charge on any atom is -0.481 e. The van der Waals surface area contributed by atoms with E-state index in [0.29, 0.717) is 6.42 Å². The number of carboxylic acids is 1. The van der Waals surface area contributed by atoms with Crippen LogP contribution in [0.5, 0.6) is 0 Å². The second-order valence-electron chi connectivity index (χ2n) is 5.42. The van der Waals surface area contributed by atoms with Gasteiger partial charge in [0.05, 0.1) is 5.92 Å². The minimum absolute atomic E-state index is 0.488. The Morgan fingerprint density at radius 3 is 2.20 bits per heavy atom. The van der Waals surface area contributed by atoms with Crippen molar-refractivity contribution in [2.45, 2.75) is 33.1 Å². The normalized spacial score (nSPS) is 12.2. The summed E-state index contributed by atoms with van der Waals surface area (Å²) in [5, 5.41) is 9.48. The molecule has 0 radical (unpaired) electrons. The highest BCUT2D eigenvalue weighted by atomic mass is 16.4. The van der Waals surface area contributed by atoms with Crippen LogP contribution in [0.25, 0.3) is 0 Å². The van der Waals surface area contributed by atoms with Gasteiger partial charge >= 0.3 is 5.97 Å². The lowest BCUT2D eigenvalue weighted by Crippen LogP contribution is -2.14. The maximum Gasteiger partial charge on any atom is 0.311 e. The molecule has 2 aromatic rings. The van der Waals surface area contributed by atoms with Crippen LogP contribution < -0.4 is 0 Å². The van der Waals surface area contributed by atoms with Gasteiger partial charge in [-0.25, -0.2) is 0 Å². The lowest BCUT2D eigenvalue weighted by molar-refractivity contribution is -0.138. The number of hydrogen-bond acceptors (Lipinski definition) is 1. The first kappa shape index (κ1) is 14.3. The molecular weight excluding hydrogens is 248 g/mol. The summed E-state index contributed by atoms with van der Waals surface area (Å²) in [6.07, 6.45) is 0.527. The van der Waals surface area contributed by atoms with E-state index in [1.807, 2.05) is 37.3 Å². The van der Waals surface area contributed by atoms with Gasteiger partial charge < -0.3 is 5.11 Å². The minimum atomic E-state index is -0.771. The fourth-order valence-electron chi connectivity index (χ4n) is 2.31. The maximum atomic E-state index is 11.5. The first-order valence-electron chi connectivity index (χ1n) is 6.83. The lowest BCUT2D eigenvalue weighted by Gasteiger charge is -2.14. The molecule has 0 aliphatic rings. The number of aliphatic carboxylic acids is 1. The maximum absolute atomic E-state index is 11.5. The fourth-order valence-corrected chi connectivity index (χ4v) is 2.31. The van der Waals surface area contributed by atoms with E-state index in [2.05, 4.69) is 26.0 Å². The molecule has 0 aromatic heterocycles. The van der Waals surface area contributed by atoms with Crippen molar-refractivity contribution in [2.75, 3.05) is 0 Å². The number of hydrogen-bond donors (Lipinski definition) is 1. The summed E-state index contributed by atoms with van der Waals surface area (Å²) >= 11 is 0. The number of benzene rings is 2. The van der Waals surface area contributed by atoms with E-state index in [4.69, 9.17) is 0 Å². The van der Waals surface area contributed by atoms with Gasteiger partial charge in [0.25, 0.3) is 0 Å². The van der Waals surface area contributed by atoms with Crippen molar-refractivity contribution >= 4 is 5.97 Å². The first-order chi connectivity index (χ1) is 9.47. The van der Waals surface area contributed by atoms with Gasteiger partial charge in [0.1, 0.15) is 0 Å². The van der Waals surface area contributed by atoms with Crippen LogP contribution in [0.1, 0.15) is 33.7 Å². The van der Waals surface area contributed by atoms with E-state index >= 15 is 0 Å². The monoisotopic (exact) mass is 268 g/mol. The molecule has 104 valence electrons. The predicted molar refractivity (Wildman–Crippen MR) is 81.2 cm³/mol. The van der Waals surface area contributed by atoms with Crippen LogP contribution in [0.4, 0.5) is 0 Å². The molecule has 0 saturated carbocycles. The molecule has 2 heteroatoms. The van der Waals surface area contributed by atoms with Crippen molar-refractivity contribution in [2.24, 2.45) is 0 Å². The first-order valence-corrected chi connectivity index (χ1v) is 6.83. The van der Waals surface area contributed by atoms with Gasteiger partial charge in [-0.2, -0.15) is 0 Å². The van der Waals surface area contributed by atoms with Gasteiger partial charge in [-0.15, -0.1) is 0 Å². The molecule has 0 bridgehead atoms. The molecular formula is C18H20O2. The topological polar surface area (TPSA) is 37.3 Å². The fraction of sp³-hybridized carbons (Fsp3) is 0.278. The zero-order chi connectivity index (χ0) is 14.7. The smallest absolute Gasteiger partial charge is 0.311 e. The molecule has 0 aliphatic heterocycles. The Morgan fingerprint density at radius 1 is 1.00 bits per heavy atom. The molecule has 0 saturated heterocycles. The highest BCUT2D eigenvalue weighted by Gasteiger charge is 2.20. The van der Waals surface area contributed by atoms with Crippen molar-refractivity contribution in [1.82, 2.24) is 0 Å². The Kier molecular flexibility index (Phi) is 4.23. The van der Waals surface area contributed by atoms with Crippen molar-refractivity contribution in [3.8, 4) is 0 Å². The molecule has 0 spiro atoms. The Labute approximate surface area is 120 Å². The molecule has 2 aromatic carbocycles.